The van der Waals surface area contributed by atoms with Crippen molar-refractivity contribution in [2.75, 3.05) is 0 Å². The molecule has 0 fully saturated rings. The van der Waals surface area contributed by atoms with Gasteiger partial charge in [0.25, 0.3) is 11.5 Å². The molecule has 16 heavy (non-hydrogen) atoms. The highest BCUT2D eigenvalue weighted by molar-refractivity contribution is 5.94. The lowest BCUT2D eigenvalue weighted by atomic mass is 9.98. The molecule has 1 aromatic heterocycles. The van der Waals surface area contributed by atoms with Gasteiger partial charge in [-0.1, -0.05) is 0 Å². The molecule has 1 heterocycles. The standard InChI is InChI=1S/C11H16N2O3/c1-7(14)11(2,3)13-10(16)8-5-4-6-12-9(8)15/h4-7,14H,1-3H3,(H,12,15)(H,13,16). The van der Waals surface area contributed by atoms with E-state index in [0.717, 1.165) is 0 Å². The van der Waals surface area contributed by atoms with Gasteiger partial charge < -0.3 is 15.4 Å². The molecule has 5 heteroatoms. The van der Waals surface area contributed by atoms with Gasteiger partial charge in [-0.05, 0) is 32.9 Å². The van der Waals surface area contributed by atoms with Gasteiger partial charge in [0, 0.05) is 6.20 Å². The number of aromatic amines is 1. The molecule has 0 bridgehead atoms. The Balaban J connectivity index is 2.90. The van der Waals surface area contributed by atoms with Crippen molar-refractivity contribution in [2.45, 2.75) is 32.4 Å². The second-order valence-electron chi connectivity index (χ2n) is 4.26. The highest BCUT2D eigenvalue weighted by atomic mass is 16.3. The lowest BCUT2D eigenvalue weighted by Gasteiger charge is -2.29. The molecule has 0 saturated heterocycles. The van der Waals surface area contributed by atoms with E-state index in [9.17, 15) is 14.7 Å². The summed E-state index contributed by atoms with van der Waals surface area (Å²) in [4.78, 5) is 25.5. The first kappa shape index (κ1) is 12.4. The minimum Gasteiger partial charge on any atom is -0.391 e. The molecule has 0 spiro atoms. The van der Waals surface area contributed by atoms with E-state index in [1.807, 2.05) is 0 Å². The van der Waals surface area contributed by atoms with Crippen LogP contribution < -0.4 is 10.9 Å². The van der Waals surface area contributed by atoms with Crippen LogP contribution in [0.5, 0.6) is 0 Å². The van der Waals surface area contributed by atoms with Crippen LogP contribution in [0.2, 0.25) is 0 Å². The Kier molecular flexibility index (Phi) is 3.49. The quantitative estimate of drug-likeness (QED) is 0.689. The molecule has 5 nitrogen and oxygen atoms in total. The fraction of sp³-hybridized carbons (Fsp3) is 0.455. The highest BCUT2D eigenvalue weighted by Crippen LogP contribution is 2.08. The Morgan fingerprint density at radius 3 is 2.69 bits per heavy atom. The number of pyridine rings is 1. The van der Waals surface area contributed by atoms with Crippen molar-refractivity contribution in [3.63, 3.8) is 0 Å². The number of rotatable bonds is 3. The number of hydrogen-bond acceptors (Lipinski definition) is 3. The summed E-state index contributed by atoms with van der Waals surface area (Å²) in [6.45, 7) is 4.95. The van der Waals surface area contributed by atoms with Crippen LogP contribution in [0.25, 0.3) is 0 Å². The third-order valence-electron chi connectivity index (χ3n) is 2.54. The molecule has 0 aliphatic heterocycles. The number of aliphatic hydroxyl groups excluding tert-OH is 1. The van der Waals surface area contributed by atoms with Crippen LogP contribution in [-0.4, -0.2) is 27.6 Å². The minimum absolute atomic E-state index is 0.0382. The van der Waals surface area contributed by atoms with E-state index in [4.69, 9.17) is 0 Å². The van der Waals surface area contributed by atoms with E-state index in [2.05, 4.69) is 10.3 Å². The maximum absolute atomic E-state index is 11.7. The average molecular weight is 224 g/mol. The molecular formula is C11H16N2O3. The van der Waals surface area contributed by atoms with Gasteiger partial charge in [0.2, 0.25) is 0 Å². The third-order valence-corrected chi connectivity index (χ3v) is 2.54. The molecule has 0 radical (unpaired) electrons. The smallest absolute Gasteiger partial charge is 0.260 e. The predicted octanol–water partition coefficient (Wildman–Crippen LogP) is 0.264. The summed E-state index contributed by atoms with van der Waals surface area (Å²) in [7, 11) is 0. The first-order chi connectivity index (χ1) is 7.34. The Hall–Kier alpha value is -1.62. The van der Waals surface area contributed by atoms with Crippen LogP contribution in [0, 0.1) is 0 Å². The van der Waals surface area contributed by atoms with Crippen LogP contribution in [0.1, 0.15) is 31.1 Å². The zero-order valence-electron chi connectivity index (χ0n) is 9.57. The minimum atomic E-state index is -0.778. The van der Waals surface area contributed by atoms with Crippen LogP contribution in [0.3, 0.4) is 0 Å². The van der Waals surface area contributed by atoms with Crippen LogP contribution in [-0.2, 0) is 0 Å². The van der Waals surface area contributed by atoms with Crippen molar-refractivity contribution in [1.82, 2.24) is 10.3 Å². The number of carbonyl (C=O) groups is 1. The van der Waals surface area contributed by atoms with Gasteiger partial charge in [-0.2, -0.15) is 0 Å². The molecule has 0 aliphatic carbocycles. The van der Waals surface area contributed by atoms with E-state index in [0.29, 0.717) is 0 Å². The number of nitrogens with one attached hydrogen (secondary N) is 2. The van der Waals surface area contributed by atoms with Gasteiger partial charge in [0.1, 0.15) is 5.56 Å². The number of amides is 1. The van der Waals surface area contributed by atoms with Gasteiger partial charge in [-0.25, -0.2) is 0 Å². The second kappa shape index (κ2) is 4.49. The summed E-state index contributed by atoms with van der Waals surface area (Å²) in [5, 5.41) is 12.0. The third kappa shape index (κ3) is 2.70. The molecular weight excluding hydrogens is 208 g/mol. The van der Waals surface area contributed by atoms with Gasteiger partial charge in [-0.3, -0.25) is 9.59 Å². The van der Waals surface area contributed by atoms with Crippen molar-refractivity contribution in [3.8, 4) is 0 Å². The van der Waals surface area contributed by atoms with E-state index in [-0.39, 0.29) is 5.56 Å². The summed E-state index contributed by atoms with van der Waals surface area (Å²) >= 11 is 0. The zero-order chi connectivity index (χ0) is 12.3. The first-order valence-electron chi connectivity index (χ1n) is 5.03. The normalized spacial score (nSPS) is 13.2. The second-order valence-corrected chi connectivity index (χ2v) is 4.26. The summed E-state index contributed by atoms with van der Waals surface area (Å²) < 4.78 is 0. The fourth-order valence-electron chi connectivity index (χ4n) is 1.06. The number of carbonyl (C=O) groups excluding carboxylic acids is 1. The Bertz CT molecular complexity index is 435. The van der Waals surface area contributed by atoms with E-state index >= 15 is 0 Å². The summed E-state index contributed by atoms with van der Waals surface area (Å²) in [6, 6.07) is 3.01. The molecule has 88 valence electrons. The van der Waals surface area contributed by atoms with Gasteiger partial charge >= 0.3 is 0 Å². The molecule has 1 rings (SSSR count). The van der Waals surface area contributed by atoms with Gasteiger partial charge in [-0.15, -0.1) is 0 Å². The lowest BCUT2D eigenvalue weighted by Crippen LogP contribution is -2.51. The van der Waals surface area contributed by atoms with Crippen molar-refractivity contribution in [2.24, 2.45) is 0 Å². The average Bonchev–Trinajstić information content (AvgIpc) is 2.17. The fourth-order valence-corrected chi connectivity index (χ4v) is 1.06. The largest absolute Gasteiger partial charge is 0.391 e. The molecule has 1 amide bonds. The van der Waals surface area contributed by atoms with Crippen molar-refractivity contribution in [1.29, 1.82) is 0 Å². The van der Waals surface area contributed by atoms with E-state index < -0.39 is 23.1 Å². The van der Waals surface area contributed by atoms with Crippen molar-refractivity contribution >= 4 is 5.91 Å². The van der Waals surface area contributed by atoms with Crippen LogP contribution in [0.4, 0.5) is 0 Å². The summed E-state index contributed by atoms with van der Waals surface area (Å²) in [5.74, 6) is -0.493. The number of hydrogen-bond donors (Lipinski definition) is 3. The van der Waals surface area contributed by atoms with E-state index in [1.165, 1.54) is 12.3 Å². The van der Waals surface area contributed by atoms with Crippen LogP contribution >= 0.6 is 0 Å². The number of H-pyrrole nitrogens is 1. The van der Waals surface area contributed by atoms with Crippen LogP contribution in [0.15, 0.2) is 23.1 Å². The molecule has 0 saturated carbocycles. The maximum Gasteiger partial charge on any atom is 0.260 e. The topological polar surface area (TPSA) is 82.2 Å². The molecule has 3 N–H and O–H groups in total. The summed E-state index contributed by atoms with van der Waals surface area (Å²) in [6.07, 6.45) is 0.748. The van der Waals surface area contributed by atoms with E-state index in [1.54, 1.807) is 26.8 Å². The molecule has 0 aliphatic rings. The maximum atomic E-state index is 11.7. The van der Waals surface area contributed by atoms with Crippen molar-refractivity contribution in [3.05, 3.63) is 34.2 Å². The van der Waals surface area contributed by atoms with Crippen molar-refractivity contribution < 1.29 is 9.90 Å². The Morgan fingerprint density at radius 1 is 1.56 bits per heavy atom. The van der Waals surface area contributed by atoms with Gasteiger partial charge in [0.15, 0.2) is 0 Å². The molecule has 1 unspecified atom stereocenters. The summed E-state index contributed by atoms with van der Waals surface area (Å²) in [5.41, 5.74) is -1.18. The molecule has 1 atom stereocenters. The number of aliphatic hydroxyl groups is 1. The molecule has 0 aromatic carbocycles. The lowest BCUT2D eigenvalue weighted by molar-refractivity contribution is 0.0708. The first-order valence-corrected chi connectivity index (χ1v) is 5.03. The highest BCUT2D eigenvalue weighted by Gasteiger charge is 2.27. The van der Waals surface area contributed by atoms with Gasteiger partial charge in [0.05, 0.1) is 11.6 Å². The predicted molar refractivity (Wildman–Crippen MR) is 60.3 cm³/mol. The Labute approximate surface area is 93.5 Å². The monoisotopic (exact) mass is 224 g/mol. The Morgan fingerprint density at radius 2 is 2.19 bits per heavy atom. The molecule has 1 aromatic rings. The zero-order valence-corrected chi connectivity index (χ0v) is 9.57. The number of aromatic nitrogens is 1. The SMILES string of the molecule is CC(O)C(C)(C)NC(=O)c1ccc[nH]c1=O.